The average Bonchev–Trinajstić information content (AvgIpc) is 2.36. The highest BCUT2D eigenvalue weighted by Crippen LogP contribution is 2.14. The topological polar surface area (TPSA) is 92.5 Å². The first-order valence-corrected chi connectivity index (χ1v) is 5.49. The Morgan fingerprint density at radius 2 is 1.94 bits per heavy atom. The highest BCUT2D eigenvalue weighted by atomic mass is 16.6. The van der Waals surface area contributed by atoms with Gasteiger partial charge in [0.05, 0.1) is 4.92 Å². The molecule has 0 atom stereocenters. The first-order valence-electron chi connectivity index (χ1n) is 5.49. The summed E-state index contributed by atoms with van der Waals surface area (Å²) in [7, 11) is 0. The number of nitro groups is 1. The maximum absolute atomic E-state index is 11.7. The predicted molar refractivity (Wildman–Crippen MR) is 66.3 cm³/mol. The number of benzene rings is 1. The van der Waals surface area contributed by atoms with E-state index in [0.717, 1.165) is 0 Å². The lowest BCUT2D eigenvalue weighted by atomic mass is 9.95. The lowest BCUT2D eigenvalue weighted by Crippen LogP contribution is -2.36. The van der Waals surface area contributed by atoms with Crippen molar-refractivity contribution in [2.24, 2.45) is 5.41 Å². The van der Waals surface area contributed by atoms with E-state index < -0.39 is 10.3 Å². The summed E-state index contributed by atoms with van der Waals surface area (Å²) in [5.74, 6) is -0.313. The summed E-state index contributed by atoms with van der Waals surface area (Å²) < 4.78 is 0. The molecule has 6 nitrogen and oxygen atoms in total. The third kappa shape index (κ3) is 3.81. The van der Waals surface area contributed by atoms with Crippen LogP contribution >= 0.6 is 0 Å². The minimum Gasteiger partial charge on any atom is -0.396 e. The summed E-state index contributed by atoms with van der Waals surface area (Å²) in [6.07, 6.45) is 0. The molecule has 0 fully saturated rings. The van der Waals surface area contributed by atoms with Gasteiger partial charge in [-0.3, -0.25) is 14.9 Å². The van der Waals surface area contributed by atoms with Crippen LogP contribution in [0.4, 0.5) is 5.69 Å². The second-order valence-electron chi connectivity index (χ2n) is 4.81. The number of rotatable bonds is 5. The van der Waals surface area contributed by atoms with Crippen LogP contribution in [-0.4, -0.2) is 29.1 Å². The smallest absolute Gasteiger partial charge is 0.269 e. The van der Waals surface area contributed by atoms with Gasteiger partial charge in [0.1, 0.15) is 0 Å². The Labute approximate surface area is 105 Å². The fourth-order valence-electron chi connectivity index (χ4n) is 1.21. The number of nitrogens with one attached hydrogen (secondary N) is 1. The number of amides is 1. The molecule has 1 rings (SSSR count). The zero-order valence-corrected chi connectivity index (χ0v) is 10.3. The molecule has 0 bridgehead atoms. The highest BCUT2D eigenvalue weighted by molar-refractivity contribution is 5.94. The van der Waals surface area contributed by atoms with Gasteiger partial charge in [-0.15, -0.1) is 0 Å². The Bertz CT molecular complexity index is 440. The molecule has 0 saturated carbocycles. The molecule has 98 valence electrons. The van der Waals surface area contributed by atoms with E-state index in [-0.39, 0.29) is 18.2 Å². The van der Waals surface area contributed by atoms with Gasteiger partial charge >= 0.3 is 0 Å². The van der Waals surface area contributed by atoms with E-state index >= 15 is 0 Å². The fraction of sp³-hybridized carbons (Fsp3) is 0.417. The Kier molecular flexibility index (Phi) is 4.38. The molecule has 0 aliphatic heterocycles. The molecule has 18 heavy (non-hydrogen) atoms. The summed E-state index contributed by atoms with van der Waals surface area (Å²) in [6, 6.07) is 5.37. The van der Waals surface area contributed by atoms with Crippen molar-refractivity contribution in [1.82, 2.24) is 5.32 Å². The van der Waals surface area contributed by atoms with Crippen molar-refractivity contribution < 1.29 is 14.8 Å². The van der Waals surface area contributed by atoms with E-state index in [0.29, 0.717) is 12.1 Å². The molecule has 1 amide bonds. The molecule has 0 spiro atoms. The molecule has 0 radical (unpaired) electrons. The van der Waals surface area contributed by atoms with Crippen molar-refractivity contribution in [3.8, 4) is 0 Å². The Balaban J connectivity index is 2.65. The lowest BCUT2D eigenvalue weighted by molar-refractivity contribution is -0.384. The number of hydrogen-bond acceptors (Lipinski definition) is 4. The van der Waals surface area contributed by atoms with Gasteiger partial charge in [0.15, 0.2) is 0 Å². The van der Waals surface area contributed by atoms with Crippen LogP contribution in [0.1, 0.15) is 24.2 Å². The largest absolute Gasteiger partial charge is 0.396 e. The van der Waals surface area contributed by atoms with Crippen LogP contribution in [0.2, 0.25) is 0 Å². The predicted octanol–water partition coefficient (Wildman–Crippen LogP) is 1.34. The van der Waals surface area contributed by atoms with Crippen LogP contribution in [0.15, 0.2) is 24.3 Å². The van der Waals surface area contributed by atoms with Crippen LogP contribution in [-0.2, 0) is 0 Å². The summed E-state index contributed by atoms with van der Waals surface area (Å²) >= 11 is 0. The summed E-state index contributed by atoms with van der Waals surface area (Å²) in [5.41, 5.74) is -0.0900. The molecule has 1 aromatic rings. The molecule has 0 aliphatic rings. The molecule has 0 unspecified atom stereocenters. The second-order valence-corrected chi connectivity index (χ2v) is 4.81. The number of carbonyl (C=O) groups is 1. The molecular weight excluding hydrogens is 236 g/mol. The fourth-order valence-corrected chi connectivity index (χ4v) is 1.21. The van der Waals surface area contributed by atoms with Gasteiger partial charge in [-0.25, -0.2) is 0 Å². The van der Waals surface area contributed by atoms with Gasteiger partial charge in [-0.1, -0.05) is 13.8 Å². The van der Waals surface area contributed by atoms with Crippen LogP contribution in [0.3, 0.4) is 0 Å². The van der Waals surface area contributed by atoms with E-state index in [9.17, 15) is 14.9 Å². The van der Waals surface area contributed by atoms with Crippen LogP contribution < -0.4 is 5.32 Å². The molecule has 0 saturated heterocycles. The van der Waals surface area contributed by atoms with Gasteiger partial charge in [0.25, 0.3) is 11.6 Å². The molecule has 1 aromatic carbocycles. The molecule has 6 heteroatoms. The van der Waals surface area contributed by atoms with Crippen molar-refractivity contribution in [2.45, 2.75) is 13.8 Å². The average molecular weight is 252 g/mol. The van der Waals surface area contributed by atoms with E-state index in [2.05, 4.69) is 5.32 Å². The van der Waals surface area contributed by atoms with Gasteiger partial charge in [-0.05, 0) is 12.1 Å². The number of carbonyl (C=O) groups excluding carboxylic acids is 1. The van der Waals surface area contributed by atoms with Gasteiger partial charge in [0.2, 0.25) is 0 Å². The lowest BCUT2D eigenvalue weighted by Gasteiger charge is -2.21. The van der Waals surface area contributed by atoms with Gasteiger partial charge < -0.3 is 10.4 Å². The molecule has 0 heterocycles. The second kappa shape index (κ2) is 5.59. The Morgan fingerprint density at radius 1 is 1.39 bits per heavy atom. The maximum atomic E-state index is 11.7. The van der Waals surface area contributed by atoms with Crippen LogP contribution in [0.5, 0.6) is 0 Å². The summed E-state index contributed by atoms with van der Waals surface area (Å²) in [5, 5.41) is 22.2. The summed E-state index contributed by atoms with van der Waals surface area (Å²) in [6.45, 7) is 3.94. The Hall–Kier alpha value is -1.95. The third-order valence-corrected chi connectivity index (χ3v) is 2.50. The third-order valence-electron chi connectivity index (χ3n) is 2.50. The van der Waals surface area contributed by atoms with Crippen LogP contribution in [0.25, 0.3) is 0 Å². The molecular formula is C12H16N2O4. The summed E-state index contributed by atoms with van der Waals surface area (Å²) in [4.78, 5) is 21.7. The maximum Gasteiger partial charge on any atom is 0.269 e. The van der Waals surface area contributed by atoms with E-state index in [1.54, 1.807) is 0 Å². The quantitative estimate of drug-likeness (QED) is 0.611. The Morgan fingerprint density at radius 3 is 2.39 bits per heavy atom. The van der Waals surface area contributed by atoms with Crippen molar-refractivity contribution in [3.05, 3.63) is 39.9 Å². The number of nitrogens with zero attached hydrogens (tertiary/aromatic N) is 1. The zero-order valence-electron chi connectivity index (χ0n) is 10.3. The van der Waals surface area contributed by atoms with Gasteiger partial charge in [0, 0.05) is 36.3 Å². The number of aliphatic hydroxyl groups excluding tert-OH is 1. The SMILES string of the molecule is CC(C)(CO)CNC(=O)c1ccc([N+](=O)[O-])cc1. The van der Waals surface area contributed by atoms with Gasteiger partial charge in [-0.2, -0.15) is 0 Å². The number of nitro benzene ring substituents is 1. The zero-order chi connectivity index (χ0) is 13.8. The van der Waals surface area contributed by atoms with Crippen molar-refractivity contribution in [3.63, 3.8) is 0 Å². The monoisotopic (exact) mass is 252 g/mol. The molecule has 2 N–H and O–H groups in total. The minimum absolute atomic E-state index is 0.0342. The van der Waals surface area contributed by atoms with E-state index in [1.807, 2.05) is 13.8 Å². The first kappa shape index (κ1) is 14.1. The number of aliphatic hydroxyl groups is 1. The van der Waals surface area contributed by atoms with Crippen molar-refractivity contribution in [1.29, 1.82) is 0 Å². The van der Waals surface area contributed by atoms with Crippen LogP contribution in [0, 0.1) is 15.5 Å². The van der Waals surface area contributed by atoms with Crippen molar-refractivity contribution in [2.75, 3.05) is 13.2 Å². The first-order chi connectivity index (χ1) is 8.35. The molecule has 0 aromatic heterocycles. The number of hydrogen-bond donors (Lipinski definition) is 2. The standard InChI is InChI=1S/C12H16N2O4/c1-12(2,8-15)7-13-11(16)9-3-5-10(6-4-9)14(17)18/h3-6,15H,7-8H2,1-2H3,(H,13,16). The molecule has 0 aliphatic carbocycles. The minimum atomic E-state index is -0.517. The van der Waals surface area contributed by atoms with Crippen molar-refractivity contribution >= 4 is 11.6 Å². The highest BCUT2D eigenvalue weighted by Gasteiger charge is 2.18. The van der Waals surface area contributed by atoms with E-state index in [1.165, 1.54) is 24.3 Å². The number of non-ortho nitro benzene ring substituents is 1. The van der Waals surface area contributed by atoms with E-state index in [4.69, 9.17) is 5.11 Å². The normalized spacial score (nSPS) is 11.1.